The third-order valence-electron chi connectivity index (χ3n) is 9.68. The minimum Gasteiger partial charge on any atom is -0.508 e. The van der Waals surface area contributed by atoms with Crippen LogP contribution in [0, 0.1) is 0 Å². The van der Waals surface area contributed by atoms with E-state index in [9.17, 15) is 19.8 Å². The van der Waals surface area contributed by atoms with E-state index in [0.29, 0.717) is 38.0 Å². The number of carbonyl (C=O) groups excluding carboxylic acids is 2. The summed E-state index contributed by atoms with van der Waals surface area (Å²) in [4.78, 5) is 28.2. The zero-order chi connectivity index (χ0) is 36.5. The molecule has 2 N–H and O–H groups in total. The van der Waals surface area contributed by atoms with Crippen molar-refractivity contribution in [1.29, 1.82) is 0 Å². The Bertz CT molecular complexity index is 1400. The zero-order valence-corrected chi connectivity index (χ0v) is 32.1. The lowest BCUT2D eigenvalue weighted by atomic mass is 9.78. The van der Waals surface area contributed by atoms with Gasteiger partial charge in [-0.2, -0.15) is 0 Å². The van der Waals surface area contributed by atoms with Crippen molar-refractivity contribution in [2.45, 2.75) is 162 Å². The molecule has 1 aliphatic heterocycles. The van der Waals surface area contributed by atoms with E-state index in [0.717, 1.165) is 27.8 Å². The molecule has 7 heteroatoms. The highest BCUT2D eigenvalue weighted by atomic mass is 16.5. The van der Waals surface area contributed by atoms with Crippen molar-refractivity contribution in [3.05, 3.63) is 58.1 Å². The molecular weight excluding hydrogens is 602 g/mol. The van der Waals surface area contributed by atoms with Crippen LogP contribution in [0.25, 0.3) is 0 Å². The van der Waals surface area contributed by atoms with Crippen molar-refractivity contribution in [3.63, 3.8) is 0 Å². The second-order valence-corrected chi connectivity index (χ2v) is 18.2. The molecule has 0 aliphatic carbocycles. The summed E-state index contributed by atoms with van der Waals surface area (Å²) in [6.45, 7) is 28.2. The van der Waals surface area contributed by atoms with Gasteiger partial charge in [-0.25, -0.2) is 0 Å². The third kappa shape index (κ3) is 10.2. The summed E-state index contributed by atoms with van der Waals surface area (Å²) >= 11 is 0. The van der Waals surface area contributed by atoms with Crippen molar-refractivity contribution in [1.82, 2.24) is 4.90 Å². The molecule has 0 unspecified atom stereocenters. The van der Waals surface area contributed by atoms with Gasteiger partial charge in [-0.15, -0.1) is 0 Å². The van der Waals surface area contributed by atoms with Gasteiger partial charge >= 0.3 is 11.9 Å². The first-order chi connectivity index (χ1) is 21.8. The summed E-state index contributed by atoms with van der Waals surface area (Å²) < 4.78 is 11.8. The van der Waals surface area contributed by atoms with Crippen LogP contribution < -0.4 is 0 Å². The number of aryl methyl sites for hydroxylation is 2. The topological polar surface area (TPSA) is 96.3 Å². The minimum absolute atomic E-state index is 0.190. The number of nitrogens with zero attached hydrogens (tertiary/aromatic N) is 1. The van der Waals surface area contributed by atoms with E-state index in [1.807, 2.05) is 24.3 Å². The highest BCUT2D eigenvalue weighted by Gasteiger charge is 2.46. The molecule has 0 spiro atoms. The maximum absolute atomic E-state index is 12.9. The van der Waals surface area contributed by atoms with Crippen molar-refractivity contribution in [3.8, 4) is 11.5 Å². The molecule has 48 heavy (non-hydrogen) atoms. The number of phenols is 2. The molecule has 0 radical (unpaired) electrons. The first-order valence-corrected chi connectivity index (χ1v) is 17.6. The number of phenolic OH excluding ortho intramolecular Hbond substituents is 2. The molecule has 0 amide bonds. The van der Waals surface area contributed by atoms with E-state index in [4.69, 9.17) is 9.47 Å². The normalized spacial score (nSPS) is 17.3. The Balaban J connectivity index is 1.54. The number of benzene rings is 2. The average Bonchev–Trinajstić information content (AvgIpc) is 2.91. The van der Waals surface area contributed by atoms with E-state index < -0.39 is 0 Å². The molecule has 0 saturated carbocycles. The number of ether oxygens (including phenoxy) is 2. The number of rotatable bonds is 10. The van der Waals surface area contributed by atoms with E-state index in [1.165, 1.54) is 0 Å². The minimum atomic E-state index is -0.267. The smallest absolute Gasteiger partial charge is 0.306 e. The fourth-order valence-electron chi connectivity index (χ4n) is 7.30. The lowest BCUT2D eigenvalue weighted by molar-refractivity contribution is -0.163. The highest BCUT2D eigenvalue weighted by molar-refractivity contribution is 5.70. The Morgan fingerprint density at radius 1 is 0.729 bits per heavy atom. The van der Waals surface area contributed by atoms with Gasteiger partial charge in [-0.1, -0.05) is 86.6 Å². The van der Waals surface area contributed by atoms with Crippen LogP contribution in [0.4, 0.5) is 0 Å². The molecule has 0 bridgehead atoms. The summed E-state index contributed by atoms with van der Waals surface area (Å²) in [7, 11) is 0. The van der Waals surface area contributed by atoms with Crippen LogP contribution in [0.5, 0.6) is 11.5 Å². The molecule has 2 aromatic carbocycles. The predicted octanol–water partition coefficient (Wildman–Crippen LogP) is 8.66. The number of hydrogen-bond acceptors (Lipinski definition) is 7. The fraction of sp³-hybridized carbons (Fsp3) is 0.659. The molecule has 0 aromatic heterocycles. The van der Waals surface area contributed by atoms with Crippen molar-refractivity contribution in [2.75, 3.05) is 13.2 Å². The number of piperidine rings is 1. The Morgan fingerprint density at radius 2 is 1.19 bits per heavy atom. The Kier molecular flexibility index (Phi) is 11.8. The molecule has 1 saturated heterocycles. The summed E-state index contributed by atoms with van der Waals surface area (Å²) in [6.07, 6.45) is 2.83. The zero-order valence-electron chi connectivity index (χ0n) is 32.1. The summed E-state index contributed by atoms with van der Waals surface area (Å²) in [5.41, 5.74) is 3.51. The van der Waals surface area contributed by atoms with Gasteiger partial charge in [0.25, 0.3) is 0 Å². The molecule has 1 fully saturated rings. The summed E-state index contributed by atoms with van der Waals surface area (Å²) in [6, 6.07) is 9.61. The van der Waals surface area contributed by atoms with Gasteiger partial charge in [0.2, 0.25) is 0 Å². The van der Waals surface area contributed by atoms with Crippen LogP contribution in [-0.4, -0.2) is 57.4 Å². The van der Waals surface area contributed by atoms with Crippen molar-refractivity contribution in [2.24, 2.45) is 0 Å². The van der Waals surface area contributed by atoms with Crippen LogP contribution in [-0.2, 0) is 48.1 Å². The first kappa shape index (κ1) is 39.4. The van der Waals surface area contributed by atoms with E-state index in [1.54, 1.807) is 6.07 Å². The SMILES string of the molecule is CC(C)(C)c1cc(CCC(=O)OC2CC(C)(C)N(CCOC(=O)CCc3cc(C(C)(C)C)c(O)c(C(C)(C)C)c3)C(C)(C)C2)ccc1O. The fourth-order valence-corrected chi connectivity index (χ4v) is 7.30. The van der Waals surface area contributed by atoms with Crippen LogP contribution in [0.2, 0.25) is 0 Å². The van der Waals surface area contributed by atoms with Crippen LogP contribution in [0.3, 0.4) is 0 Å². The standard InChI is InChI=1S/C41H63NO6/c1-37(2,3)30-22-27(14-17-33(30)43)15-19-35(45)48-29-25-40(10,11)42(41(12,13)26-29)20-21-47-34(44)18-16-28-23-31(38(4,5)6)36(46)32(24-28)39(7,8)9/h14,17,22-24,29,43,46H,15-16,18-21,25-26H2,1-13H3. The van der Waals surface area contributed by atoms with Gasteiger partial charge in [0.1, 0.15) is 24.2 Å². The monoisotopic (exact) mass is 665 g/mol. The van der Waals surface area contributed by atoms with E-state index in [-0.39, 0.29) is 70.6 Å². The molecule has 1 aliphatic rings. The van der Waals surface area contributed by atoms with Crippen LogP contribution in [0.15, 0.2) is 30.3 Å². The average molecular weight is 666 g/mol. The summed E-state index contributed by atoms with van der Waals surface area (Å²) in [5.74, 6) is 0.171. The van der Waals surface area contributed by atoms with Crippen molar-refractivity contribution < 1.29 is 29.3 Å². The number of likely N-dealkylation sites (tertiary alicyclic amines) is 1. The van der Waals surface area contributed by atoms with E-state index >= 15 is 0 Å². The predicted molar refractivity (Wildman–Crippen MR) is 194 cm³/mol. The van der Waals surface area contributed by atoms with Gasteiger partial charge in [0, 0.05) is 43.3 Å². The lowest BCUT2D eigenvalue weighted by Crippen LogP contribution is -2.63. The Labute approximate surface area is 290 Å². The number of esters is 2. The maximum atomic E-state index is 12.9. The number of aromatic hydroxyl groups is 2. The first-order valence-electron chi connectivity index (χ1n) is 17.6. The van der Waals surface area contributed by atoms with Crippen molar-refractivity contribution >= 4 is 11.9 Å². The quantitative estimate of drug-likeness (QED) is 0.245. The van der Waals surface area contributed by atoms with Gasteiger partial charge < -0.3 is 19.7 Å². The summed E-state index contributed by atoms with van der Waals surface area (Å²) in [5, 5.41) is 21.3. The molecule has 7 nitrogen and oxygen atoms in total. The number of hydrogen-bond donors (Lipinski definition) is 2. The molecule has 1 heterocycles. The molecular formula is C41H63NO6. The molecule has 268 valence electrons. The second kappa shape index (κ2) is 14.4. The highest BCUT2D eigenvalue weighted by Crippen LogP contribution is 2.41. The van der Waals surface area contributed by atoms with Gasteiger partial charge in [0.15, 0.2) is 0 Å². The van der Waals surface area contributed by atoms with Gasteiger partial charge in [-0.3, -0.25) is 14.5 Å². The Hall–Kier alpha value is -3.06. The largest absolute Gasteiger partial charge is 0.508 e. The molecule has 3 rings (SSSR count). The van der Waals surface area contributed by atoms with Crippen LogP contribution in [0.1, 0.15) is 144 Å². The maximum Gasteiger partial charge on any atom is 0.306 e. The Morgan fingerprint density at radius 3 is 1.69 bits per heavy atom. The number of carbonyl (C=O) groups is 2. The van der Waals surface area contributed by atoms with Gasteiger partial charge in [0.05, 0.1) is 0 Å². The molecule has 2 aromatic rings. The second-order valence-electron chi connectivity index (χ2n) is 18.2. The molecule has 0 atom stereocenters. The lowest BCUT2D eigenvalue weighted by Gasteiger charge is -2.54. The third-order valence-corrected chi connectivity index (χ3v) is 9.68. The van der Waals surface area contributed by atoms with Crippen LogP contribution >= 0.6 is 0 Å². The van der Waals surface area contributed by atoms with E-state index in [2.05, 4.69) is 94.9 Å². The van der Waals surface area contributed by atoms with Gasteiger partial charge in [-0.05, 0) is 90.7 Å².